The minimum atomic E-state index is -4.57. The second kappa shape index (κ2) is 6.70. The van der Waals surface area contributed by atoms with Crippen LogP contribution in [0.15, 0.2) is 17.6 Å². The molecule has 0 spiro atoms. The number of alkyl halides is 3. The van der Waals surface area contributed by atoms with Crippen molar-refractivity contribution in [3.63, 3.8) is 0 Å². The largest absolute Gasteiger partial charge is 0.451 e. The van der Waals surface area contributed by atoms with Crippen molar-refractivity contribution in [2.24, 2.45) is 0 Å². The van der Waals surface area contributed by atoms with Gasteiger partial charge in [0.1, 0.15) is 11.6 Å². The van der Waals surface area contributed by atoms with Gasteiger partial charge in [0.25, 0.3) is 0 Å². The van der Waals surface area contributed by atoms with Gasteiger partial charge in [0.15, 0.2) is 0 Å². The molecule has 9 heteroatoms. The number of hydrogen-bond donors (Lipinski definition) is 2. The van der Waals surface area contributed by atoms with E-state index in [1.165, 1.54) is 17.4 Å². The predicted octanol–water partition coefficient (Wildman–Crippen LogP) is 3.04. The summed E-state index contributed by atoms with van der Waals surface area (Å²) < 4.78 is 38.2. The Labute approximate surface area is 123 Å². The first-order chi connectivity index (χ1) is 9.99. The van der Waals surface area contributed by atoms with Crippen LogP contribution in [0, 0.1) is 0 Å². The molecule has 21 heavy (non-hydrogen) atoms. The highest BCUT2D eigenvalue weighted by molar-refractivity contribution is 7.09. The van der Waals surface area contributed by atoms with E-state index in [0.29, 0.717) is 19.5 Å². The van der Waals surface area contributed by atoms with E-state index >= 15 is 0 Å². The third kappa shape index (κ3) is 4.55. The van der Waals surface area contributed by atoms with Crippen LogP contribution in [-0.2, 0) is 12.6 Å². The number of nitrogens with zero attached hydrogens (tertiary/aromatic N) is 3. The van der Waals surface area contributed by atoms with Crippen molar-refractivity contribution in [1.82, 2.24) is 15.0 Å². The summed E-state index contributed by atoms with van der Waals surface area (Å²) in [4.78, 5) is 11.1. The number of rotatable bonds is 6. The quantitative estimate of drug-likeness (QED) is 0.857. The molecule has 5 nitrogen and oxygen atoms in total. The molecule has 0 bridgehead atoms. The van der Waals surface area contributed by atoms with Crippen molar-refractivity contribution >= 4 is 23.0 Å². The molecule has 0 aliphatic heterocycles. The Morgan fingerprint density at radius 2 is 1.90 bits per heavy atom. The number of halogens is 3. The zero-order valence-electron chi connectivity index (χ0n) is 11.2. The van der Waals surface area contributed by atoms with Crippen LogP contribution in [0.5, 0.6) is 0 Å². The summed E-state index contributed by atoms with van der Waals surface area (Å²) in [6, 6.07) is 1.46. The molecule has 0 aliphatic carbocycles. The molecule has 0 saturated heterocycles. The maximum absolute atomic E-state index is 12.7. The molecule has 0 aliphatic rings. The van der Waals surface area contributed by atoms with Gasteiger partial charge in [-0.2, -0.15) is 13.2 Å². The fourth-order valence-corrected chi connectivity index (χ4v) is 2.23. The van der Waals surface area contributed by atoms with Crippen LogP contribution in [0.4, 0.5) is 24.8 Å². The molecule has 0 unspecified atom stereocenters. The van der Waals surface area contributed by atoms with Gasteiger partial charge >= 0.3 is 6.18 Å². The van der Waals surface area contributed by atoms with Crippen molar-refractivity contribution in [1.29, 1.82) is 0 Å². The maximum atomic E-state index is 12.7. The van der Waals surface area contributed by atoms with Crippen LogP contribution in [0.2, 0.25) is 0 Å². The second-order valence-electron chi connectivity index (χ2n) is 4.09. The van der Waals surface area contributed by atoms with Crippen LogP contribution >= 0.6 is 11.3 Å². The lowest BCUT2D eigenvalue weighted by Gasteiger charge is -2.11. The number of aromatic nitrogens is 3. The van der Waals surface area contributed by atoms with Crippen molar-refractivity contribution < 1.29 is 13.2 Å². The van der Waals surface area contributed by atoms with Crippen molar-refractivity contribution in [3.05, 3.63) is 28.5 Å². The van der Waals surface area contributed by atoms with Gasteiger partial charge in [-0.05, 0) is 6.92 Å². The molecule has 2 rings (SSSR count). The summed E-state index contributed by atoms with van der Waals surface area (Å²) in [6.45, 7) is 2.71. The summed E-state index contributed by atoms with van der Waals surface area (Å²) in [6.07, 6.45) is -2.26. The van der Waals surface area contributed by atoms with Gasteiger partial charge in [0.05, 0.1) is 5.01 Å². The summed E-state index contributed by atoms with van der Waals surface area (Å²) >= 11 is 1.50. The van der Waals surface area contributed by atoms with E-state index in [2.05, 4.69) is 25.6 Å². The Bertz CT molecular complexity index is 571. The molecule has 0 fully saturated rings. The maximum Gasteiger partial charge on any atom is 0.451 e. The molecule has 2 aromatic heterocycles. The van der Waals surface area contributed by atoms with Crippen LogP contribution in [0.1, 0.15) is 17.8 Å². The number of thiazole rings is 1. The Balaban J connectivity index is 2.08. The van der Waals surface area contributed by atoms with E-state index in [0.717, 1.165) is 5.01 Å². The minimum Gasteiger partial charge on any atom is -0.370 e. The second-order valence-corrected chi connectivity index (χ2v) is 5.07. The first-order valence-electron chi connectivity index (χ1n) is 6.31. The molecule has 0 aromatic carbocycles. The zero-order chi connectivity index (χ0) is 15.3. The molecule has 114 valence electrons. The lowest BCUT2D eigenvalue weighted by molar-refractivity contribution is -0.144. The van der Waals surface area contributed by atoms with Crippen molar-refractivity contribution in [3.8, 4) is 0 Å². The first-order valence-corrected chi connectivity index (χ1v) is 7.19. The first kappa shape index (κ1) is 15.5. The van der Waals surface area contributed by atoms with Gasteiger partial charge in [0, 0.05) is 37.2 Å². The topological polar surface area (TPSA) is 62.7 Å². The van der Waals surface area contributed by atoms with Gasteiger partial charge in [0.2, 0.25) is 5.82 Å². The smallest absolute Gasteiger partial charge is 0.370 e. The van der Waals surface area contributed by atoms with Gasteiger partial charge in [-0.3, -0.25) is 0 Å². The van der Waals surface area contributed by atoms with E-state index in [1.54, 1.807) is 13.1 Å². The average molecular weight is 317 g/mol. The molecule has 0 atom stereocenters. The molecular formula is C12H14F3N5S. The average Bonchev–Trinajstić information content (AvgIpc) is 2.91. The van der Waals surface area contributed by atoms with Crippen molar-refractivity contribution in [2.45, 2.75) is 19.5 Å². The molecule has 0 amide bonds. The summed E-state index contributed by atoms with van der Waals surface area (Å²) in [7, 11) is 0. The number of hydrogen-bond acceptors (Lipinski definition) is 6. The third-order valence-corrected chi connectivity index (χ3v) is 3.31. The molecule has 2 heterocycles. The minimum absolute atomic E-state index is 0.143. The predicted molar refractivity (Wildman–Crippen MR) is 75.5 cm³/mol. The fourth-order valence-electron chi connectivity index (χ4n) is 1.61. The van der Waals surface area contributed by atoms with Crippen LogP contribution in [0.3, 0.4) is 0 Å². The van der Waals surface area contributed by atoms with Crippen LogP contribution in [-0.4, -0.2) is 28.0 Å². The Hall–Kier alpha value is -1.90. The van der Waals surface area contributed by atoms with Gasteiger partial charge in [-0.25, -0.2) is 15.0 Å². The highest BCUT2D eigenvalue weighted by atomic mass is 32.1. The van der Waals surface area contributed by atoms with Gasteiger partial charge < -0.3 is 10.6 Å². The normalized spacial score (nSPS) is 11.4. The van der Waals surface area contributed by atoms with E-state index in [9.17, 15) is 13.2 Å². The van der Waals surface area contributed by atoms with Gasteiger partial charge in [-0.15, -0.1) is 11.3 Å². The monoisotopic (exact) mass is 317 g/mol. The van der Waals surface area contributed by atoms with E-state index in [1.807, 2.05) is 5.38 Å². The molecule has 0 radical (unpaired) electrons. The van der Waals surface area contributed by atoms with E-state index in [-0.39, 0.29) is 11.6 Å². The summed E-state index contributed by atoms with van der Waals surface area (Å²) in [5.74, 6) is -0.862. The molecule has 2 N–H and O–H groups in total. The van der Waals surface area contributed by atoms with Crippen LogP contribution in [0.25, 0.3) is 0 Å². The fraction of sp³-hybridized carbons (Fsp3) is 0.417. The van der Waals surface area contributed by atoms with E-state index in [4.69, 9.17) is 0 Å². The van der Waals surface area contributed by atoms with Crippen molar-refractivity contribution in [2.75, 3.05) is 23.7 Å². The molecule has 0 saturated carbocycles. The van der Waals surface area contributed by atoms with Crippen LogP contribution < -0.4 is 10.6 Å². The summed E-state index contributed by atoms with van der Waals surface area (Å²) in [5.41, 5.74) is 0. The molecule has 2 aromatic rings. The Morgan fingerprint density at radius 3 is 2.48 bits per heavy atom. The lowest BCUT2D eigenvalue weighted by atomic mass is 10.4. The lowest BCUT2D eigenvalue weighted by Crippen LogP contribution is -2.16. The SMILES string of the molecule is CCNc1cc(NCCc2nccs2)nc(C(F)(F)F)n1. The third-order valence-electron chi connectivity index (χ3n) is 2.47. The highest BCUT2D eigenvalue weighted by Gasteiger charge is 2.35. The van der Waals surface area contributed by atoms with Gasteiger partial charge in [-0.1, -0.05) is 0 Å². The number of anilines is 2. The Kier molecular flexibility index (Phi) is 4.94. The van der Waals surface area contributed by atoms with E-state index < -0.39 is 12.0 Å². The zero-order valence-corrected chi connectivity index (χ0v) is 12.1. The summed E-state index contributed by atoms with van der Waals surface area (Å²) in [5, 5.41) is 8.40. The number of nitrogens with one attached hydrogen (secondary N) is 2. The highest BCUT2D eigenvalue weighted by Crippen LogP contribution is 2.28. The Morgan fingerprint density at radius 1 is 1.19 bits per heavy atom. The molecular weight excluding hydrogens is 303 g/mol. The standard InChI is InChI=1S/C12H14F3N5S/c1-2-16-8-7-9(20-11(19-8)12(13,14)15)17-4-3-10-18-5-6-21-10/h5-7H,2-4H2,1H3,(H2,16,17,19,20).